The van der Waals surface area contributed by atoms with Gasteiger partial charge in [0.25, 0.3) is 5.56 Å². The van der Waals surface area contributed by atoms with Crippen LogP contribution >= 0.6 is 0 Å². The van der Waals surface area contributed by atoms with E-state index in [9.17, 15) is 9.59 Å². The number of nitrogens with one attached hydrogen (secondary N) is 3. The second-order valence-electron chi connectivity index (χ2n) is 8.00. The smallest absolute Gasteiger partial charge is 0.272 e. The molecule has 2 atom stereocenters. The lowest BCUT2D eigenvalue weighted by atomic mass is 9.87. The number of fused-ring (bicyclic) bond motifs is 1. The van der Waals surface area contributed by atoms with Crippen LogP contribution < -0.4 is 16.2 Å². The maximum absolute atomic E-state index is 12.6. The first-order valence-electron chi connectivity index (χ1n) is 10.2. The second-order valence-corrected chi connectivity index (χ2v) is 8.00. The van der Waals surface area contributed by atoms with Crippen molar-refractivity contribution in [2.45, 2.75) is 69.9 Å². The fourth-order valence-electron chi connectivity index (χ4n) is 4.55. The van der Waals surface area contributed by atoms with Gasteiger partial charge in [0, 0.05) is 23.4 Å². The van der Waals surface area contributed by atoms with Gasteiger partial charge in [-0.25, -0.2) is 5.10 Å². The highest BCUT2D eigenvalue weighted by Gasteiger charge is 2.27. The van der Waals surface area contributed by atoms with Crippen LogP contribution in [-0.2, 0) is 4.79 Å². The van der Waals surface area contributed by atoms with Gasteiger partial charge in [0.1, 0.15) is 0 Å². The summed E-state index contributed by atoms with van der Waals surface area (Å²) in [6.45, 7) is 0. The van der Waals surface area contributed by atoms with E-state index in [2.05, 4.69) is 20.8 Å². The Hall–Kier alpha value is -2.37. The summed E-state index contributed by atoms with van der Waals surface area (Å²) >= 11 is 0. The highest BCUT2D eigenvalue weighted by atomic mass is 16.2. The van der Waals surface area contributed by atoms with Crippen molar-refractivity contribution in [3.05, 3.63) is 34.6 Å². The predicted molar refractivity (Wildman–Crippen MR) is 107 cm³/mol. The summed E-state index contributed by atoms with van der Waals surface area (Å²) in [5, 5.41) is 15.1. The summed E-state index contributed by atoms with van der Waals surface area (Å²) in [4.78, 5) is 24.5. The first-order valence-corrected chi connectivity index (χ1v) is 10.2. The molecule has 0 spiro atoms. The molecule has 1 heterocycles. The standard InChI is InChI=1S/C21H28N4O2/c26-20(14-7-2-1-3-8-14)23-16-10-6-9-15(13-16)22-19-17-11-4-5-12-18(17)21(27)25-24-19/h4-5,11-12,14-16H,1-3,6-10,13H2,(H,22,24)(H,23,26)(H,25,27). The number of hydrogen-bond donors (Lipinski definition) is 3. The molecule has 0 bridgehead atoms. The predicted octanol–water partition coefficient (Wildman–Crippen LogP) is 3.34. The lowest BCUT2D eigenvalue weighted by Gasteiger charge is -2.32. The number of anilines is 1. The Balaban J connectivity index is 1.41. The molecule has 2 saturated carbocycles. The monoisotopic (exact) mass is 368 g/mol. The topological polar surface area (TPSA) is 86.9 Å². The van der Waals surface area contributed by atoms with Gasteiger partial charge < -0.3 is 10.6 Å². The van der Waals surface area contributed by atoms with Crippen LogP contribution in [0, 0.1) is 5.92 Å². The van der Waals surface area contributed by atoms with Crippen LogP contribution in [-0.4, -0.2) is 28.2 Å². The summed E-state index contributed by atoms with van der Waals surface area (Å²) in [6, 6.07) is 7.98. The summed E-state index contributed by atoms with van der Waals surface area (Å²) in [6.07, 6.45) is 9.75. The minimum Gasteiger partial charge on any atom is -0.365 e. The molecule has 2 aromatic rings. The average molecular weight is 368 g/mol. The molecule has 6 nitrogen and oxygen atoms in total. The van der Waals surface area contributed by atoms with Crippen LogP contribution in [0.5, 0.6) is 0 Å². The fourth-order valence-corrected chi connectivity index (χ4v) is 4.55. The quantitative estimate of drug-likeness (QED) is 0.772. The lowest BCUT2D eigenvalue weighted by molar-refractivity contribution is -0.126. The van der Waals surface area contributed by atoms with Crippen LogP contribution in [0.25, 0.3) is 10.8 Å². The first kappa shape index (κ1) is 18.0. The van der Waals surface area contributed by atoms with Crippen molar-refractivity contribution >= 4 is 22.5 Å². The van der Waals surface area contributed by atoms with E-state index in [-0.39, 0.29) is 29.5 Å². The molecule has 2 fully saturated rings. The largest absolute Gasteiger partial charge is 0.365 e. The first-order chi connectivity index (χ1) is 13.2. The molecule has 4 rings (SSSR count). The van der Waals surface area contributed by atoms with E-state index in [0.29, 0.717) is 5.39 Å². The number of carbonyl (C=O) groups is 1. The van der Waals surface area contributed by atoms with Crippen LogP contribution in [0.3, 0.4) is 0 Å². The van der Waals surface area contributed by atoms with Crippen LogP contribution in [0.2, 0.25) is 0 Å². The van der Waals surface area contributed by atoms with Gasteiger partial charge in [0.2, 0.25) is 5.91 Å². The molecule has 144 valence electrons. The number of hydrogen-bond acceptors (Lipinski definition) is 4. The van der Waals surface area contributed by atoms with Crippen molar-refractivity contribution < 1.29 is 4.79 Å². The van der Waals surface area contributed by atoms with E-state index in [4.69, 9.17) is 0 Å². The van der Waals surface area contributed by atoms with Crippen molar-refractivity contribution in [2.24, 2.45) is 5.92 Å². The number of benzene rings is 1. The Morgan fingerprint density at radius 2 is 1.70 bits per heavy atom. The molecular weight excluding hydrogens is 340 g/mol. The number of amides is 1. The summed E-state index contributed by atoms with van der Waals surface area (Å²) in [7, 11) is 0. The molecular formula is C21H28N4O2. The van der Waals surface area contributed by atoms with Gasteiger partial charge in [-0.1, -0.05) is 37.5 Å². The molecule has 2 aliphatic carbocycles. The lowest BCUT2D eigenvalue weighted by Crippen LogP contribution is -2.44. The molecule has 27 heavy (non-hydrogen) atoms. The Labute approximate surface area is 159 Å². The van der Waals surface area contributed by atoms with Crippen molar-refractivity contribution in [2.75, 3.05) is 5.32 Å². The molecule has 3 N–H and O–H groups in total. The molecule has 0 radical (unpaired) electrons. The van der Waals surface area contributed by atoms with E-state index >= 15 is 0 Å². The average Bonchev–Trinajstić information content (AvgIpc) is 2.71. The van der Waals surface area contributed by atoms with Gasteiger partial charge in [0.15, 0.2) is 5.82 Å². The van der Waals surface area contributed by atoms with Gasteiger partial charge in [-0.05, 0) is 44.6 Å². The van der Waals surface area contributed by atoms with Crippen molar-refractivity contribution in [3.8, 4) is 0 Å². The third-order valence-corrected chi connectivity index (χ3v) is 6.03. The van der Waals surface area contributed by atoms with Gasteiger partial charge in [0.05, 0.1) is 5.39 Å². The molecule has 0 aliphatic heterocycles. The zero-order valence-corrected chi connectivity index (χ0v) is 15.7. The van der Waals surface area contributed by atoms with E-state index in [1.54, 1.807) is 0 Å². The third-order valence-electron chi connectivity index (χ3n) is 6.03. The molecule has 1 aromatic carbocycles. The summed E-state index contributed by atoms with van der Waals surface area (Å²) < 4.78 is 0. The summed E-state index contributed by atoms with van der Waals surface area (Å²) in [5.74, 6) is 1.17. The maximum Gasteiger partial charge on any atom is 0.272 e. The second kappa shape index (κ2) is 8.11. The Bertz CT molecular complexity index is 857. The molecule has 6 heteroatoms. The highest BCUT2D eigenvalue weighted by Crippen LogP contribution is 2.27. The Kier molecular flexibility index (Phi) is 5.41. The summed E-state index contributed by atoms with van der Waals surface area (Å²) in [5.41, 5.74) is -0.169. The number of nitrogens with zero attached hydrogens (tertiary/aromatic N) is 1. The van der Waals surface area contributed by atoms with E-state index in [0.717, 1.165) is 49.7 Å². The van der Waals surface area contributed by atoms with Crippen LogP contribution in [0.4, 0.5) is 5.82 Å². The van der Waals surface area contributed by atoms with E-state index < -0.39 is 0 Å². The Morgan fingerprint density at radius 3 is 2.52 bits per heavy atom. The number of aromatic amines is 1. The van der Waals surface area contributed by atoms with E-state index in [1.165, 1.54) is 19.3 Å². The van der Waals surface area contributed by atoms with Crippen LogP contribution in [0.15, 0.2) is 29.1 Å². The number of carbonyl (C=O) groups excluding carboxylic acids is 1. The Morgan fingerprint density at radius 1 is 0.963 bits per heavy atom. The van der Waals surface area contributed by atoms with Crippen molar-refractivity contribution in [1.29, 1.82) is 0 Å². The van der Waals surface area contributed by atoms with Crippen LogP contribution in [0.1, 0.15) is 57.8 Å². The molecule has 2 unspecified atom stereocenters. The number of rotatable bonds is 4. The SMILES string of the molecule is O=C(NC1CCCC(Nc2n[nH]c(=O)c3ccccc23)C1)C1CCCCC1. The number of aromatic nitrogens is 2. The molecule has 0 saturated heterocycles. The minimum atomic E-state index is -0.169. The van der Waals surface area contributed by atoms with Gasteiger partial charge in [-0.3, -0.25) is 9.59 Å². The van der Waals surface area contributed by atoms with E-state index in [1.807, 2.05) is 24.3 Å². The fraction of sp³-hybridized carbons (Fsp3) is 0.571. The minimum absolute atomic E-state index is 0.169. The maximum atomic E-state index is 12.6. The molecule has 1 amide bonds. The zero-order valence-electron chi connectivity index (χ0n) is 15.7. The zero-order chi connectivity index (χ0) is 18.6. The van der Waals surface area contributed by atoms with Crippen molar-refractivity contribution in [1.82, 2.24) is 15.5 Å². The molecule has 2 aliphatic rings. The highest BCUT2D eigenvalue weighted by molar-refractivity contribution is 5.90. The molecule has 1 aromatic heterocycles. The normalized spacial score (nSPS) is 23.9. The third kappa shape index (κ3) is 4.15. The van der Waals surface area contributed by atoms with Gasteiger partial charge >= 0.3 is 0 Å². The van der Waals surface area contributed by atoms with Gasteiger partial charge in [-0.15, -0.1) is 0 Å². The van der Waals surface area contributed by atoms with Crippen molar-refractivity contribution in [3.63, 3.8) is 0 Å². The van der Waals surface area contributed by atoms with Gasteiger partial charge in [-0.2, -0.15) is 5.10 Å². The number of H-pyrrole nitrogens is 1.